The van der Waals surface area contributed by atoms with Crippen molar-refractivity contribution >= 4 is 11.9 Å². The van der Waals surface area contributed by atoms with E-state index in [9.17, 15) is 14.7 Å². The van der Waals surface area contributed by atoms with Crippen molar-refractivity contribution < 1.29 is 19.4 Å². The van der Waals surface area contributed by atoms with Gasteiger partial charge >= 0.3 is 5.97 Å². The number of allylic oxidation sites excluding steroid dienone is 1. The molecule has 0 aromatic heterocycles. The van der Waals surface area contributed by atoms with Gasteiger partial charge in [-0.2, -0.15) is 0 Å². The zero-order chi connectivity index (χ0) is 31.0. The molecule has 238 valence electrons. The molecule has 5 fully saturated rings. The molecule has 2 N–H and O–H groups in total. The highest BCUT2D eigenvalue weighted by molar-refractivity contribution is 5.83. The topological polar surface area (TPSA) is 75.6 Å². The van der Waals surface area contributed by atoms with Crippen LogP contribution in [0.5, 0.6) is 0 Å². The number of hydrogen-bond donors (Lipinski definition) is 2. The maximum Gasteiger partial charge on any atom is 0.328 e. The molecule has 1 amide bonds. The van der Waals surface area contributed by atoms with Gasteiger partial charge in [0, 0.05) is 12.3 Å². The van der Waals surface area contributed by atoms with E-state index < -0.39 is 6.04 Å². The largest absolute Gasteiger partial charge is 0.464 e. The highest BCUT2D eigenvalue weighted by Gasteiger charge is 2.71. The third kappa shape index (κ3) is 4.55. The number of nitrogens with one attached hydrogen (secondary N) is 1. The van der Waals surface area contributed by atoms with Crippen molar-refractivity contribution in [2.75, 3.05) is 6.61 Å². The van der Waals surface area contributed by atoms with Crippen LogP contribution in [0.2, 0.25) is 0 Å². The van der Waals surface area contributed by atoms with Gasteiger partial charge in [-0.3, -0.25) is 4.79 Å². The van der Waals surface area contributed by atoms with Crippen LogP contribution in [0.4, 0.5) is 0 Å². The predicted molar refractivity (Wildman–Crippen MR) is 168 cm³/mol. The molecule has 11 atom stereocenters. The third-order valence-corrected chi connectivity index (χ3v) is 15.0. The molecule has 5 aliphatic carbocycles. The second-order valence-electron chi connectivity index (χ2n) is 17.5. The number of hydrogen-bond acceptors (Lipinski definition) is 4. The smallest absolute Gasteiger partial charge is 0.328 e. The fourth-order valence-electron chi connectivity index (χ4n) is 12.5. The minimum absolute atomic E-state index is 0.0115. The molecule has 0 aromatic rings. The number of aliphatic hydroxyl groups excluding tert-OH is 1. The Labute approximate surface area is 256 Å². The number of rotatable bonds is 6. The van der Waals surface area contributed by atoms with Crippen molar-refractivity contribution in [3.63, 3.8) is 0 Å². The Morgan fingerprint density at radius 3 is 2.19 bits per heavy atom. The van der Waals surface area contributed by atoms with Gasteiger partial charge in [0.05, 0.1) is 12.7 Å². The molecule has 5 unspecified atom stereocenters. The van der Waals surface area contributed by atoms with Crippen molar-refractivity contribution in [3.05, 3.63) is 12.2 Å². The summed E-state index contributed by atoms with van der Waals surface area (Å²) in [5.41, 5.74) is 2.02. The van der Waals surface area contributed by atoms with E-state index in [4.69, 9.17) is 4.74 Å². The standard InChI is InChI=1S/C37H61NO4/c1-22(2)25-13-18-37(21-42-32(41)31(23(3)4)38-24(5)39)20-19-35(9)26(30(25)37)11-12-28-34(8)16-15-29(40)33(6,7)27(34)14-17-36(28,35)10/h23,25-31,40H,1,11-21H2,2-10H3,(H,38,39)/t25-,26?,27?,28?,29-,30?,31?,34-,35+,36+,37+/m0/s1. The maximum atomic E-state index is 13.3. The average molecular weight is 584 g/mol. The minimum atomic E-state index is -0.604. The van der Waals surface area contributed by atoms with Crippen LogP contribution in [-0.4, -0.2) is 35.7 Å². The van der Waals surface area contributed by atoms with Gasteiger partial charge in [-0.05, 0) is 128 Å². The number of carbonyl (C=O) groups excluding carboxylic acids is 2. The summed E-state index contributed by atoms with van der Waals surface area (Å²) in [5.74, 6) is 2.29. The fraction of sp³-hybridized carbons (Fsp3) is 0.892. The van der Waals surface area contributed by atoms with Crippen molar-refractivity contribution in [1.82, 2.24) is 5.32 Å². The second-order valence-corrected chi connectivity index (χ2v) is 17.5. The van der Waals surface area contributed by atoms with Gasteiger partial charge in [-0.25, -0.2) is 4.79 Å². The van der Waals surface area contributed by atoms with Gasteiger partial charge in [-0.15, -0.1) is 0 Å². The highest BCUT2D eigenvalue weighted by atomic mass is 16.5. The number of ether oxygens (including phenoxy) is 1. The van der Waals surface area contributed by atoms with Crippen LogP contribution in [0.25, 0.3) is 0 Å². The number of esters is 1. The van der Waals surface area contributed by atoms with Crippen LogP contribution in [0.3, 0.4) is 0 Å². The molecule has 0 bridgehead atoms. The third-order valence-electron chi connectivity index (χ3n) is 15.0. The molecule has 0 spiro atoms. The molecule has 0 aliphatic heterocycles. The Morgan fingerprint density at radius 1 is 0.881 bits per heavy atom. The lowest BCUT2D eigenvalue weighted by molar-refractivity contribution is -0.250. The zero-order valence-corrected chi connectivity index (χ0v) is 28.3. The summed E-state index contributed by atoms with van der Waals surface area (Å²) in [5, 5.41) is 13.9. The highest BCUT2D eigenvalue weighted by Crippen LogP contribution is 2.77. The molecule has 42 heavy (non-hydrogen) atoms. The first-order valence-corrected chi connectivity index (χ1v) is 17.2. The first kappa shape index (κ1) is 32.0. The lowest BCUT2D eigenvalue weighted by Gasteiger charge is -2.73. The summed E-state index contributed by atoms with van der Waals surface area (Å²) in [6.07, 6.45) is 11.4. The SMILES string of the molecule is C=C(C)[C@@H]1CC[C@]2(COC(=O)C(NC(C)=O)C(C)C)CC[C@]3(C)C(CCC4[C@@]5(C)CC[C@H](O)C(C)(C)C5CC[C@]43C)C12. The van der Waals surface area contributed by atoms with Crippen LogP contribution in [-0.2, 0) is 14.3 Å². The number of fused-ring (bicyclic) bond motifs is 7. The van der Waals surface area contributed by atoms with Crippen LogP contribution in [0.1, 0.15) is 127 Å². The summed E-state index contributed by atoms with van der Waals surface area (Å²) >= 11 is 0. The molecule has 5 nitrogen and oxygen atoms in total. The van der Waals surface area contributed by atoms with Gasteiger partial charge in [0.2, 0.25) is 5.91 Å². The second kappa shape index (κ2) is 10.6. The summed E-state index contributed by atoms with van der Waals surface area (Å²) in [7, 11) is 0. The Kier molecular flexibility index (Phi) is 8.11. The molecule has 5 saturated carbocycles. The van der Waals surface area contributed by atoms with E-state index in [1.54, 1.807) is 0 Å². The molecule has 0 aromatic carbocycles. The lowest BCUT2D eigenvalue weighted by Crippen LogP contribution is -2.66. The van der Waals surface area contributed by atoms with Crippen LogP contribution < -0.4 is 5.32 Å². The predicted octanol–water partition coefficient (Wildman–Crippen LogP) is 7.71. The van der Waals surface area contributed by atoms with E-state index in [0.717, 1.165) is 32.1 Å². The van der Waals surface area contributed by atoms with E-state index in [2.05, 4.69) is 53.4 Å². The van der Waals surface area contributed by atoms with E-state index in [0.29, 0.717) is 36.2 Å². The molecule has 0 heterocycles. The van der Waals surface area contributed by atoms with E-state index in [1.165, 1.54) is 44.6 Å². The van der Waals surface area contributed by atoms with Gasteiger partial charge in [0.15, 0.2) is 0 Å². The first-order chi connectivity index (χ1) is 19.4. The van der Waals surface area contributed by atoms with Crippen LogP contribution in [0, 0.1) is 62.6 Å². The number of aliphatic hydroxyl groups is 1. The summed E-state index contributed by atoms with van der Waals surface area (Å²) in [6, 6.07) is -0.604. The van der Waals surface area contributed by atoms with Crippen molar-refractivity contribution in [3.8, 4) is 0 Å². The zero-order valence-electron chi connectivity index (χ0n) is 28.3. The van der Waals surface area contributed by atoms with Crippen LogP contribution in [0.15, 0.2) is 12.2 Å². The molecular weight excluding hydrogens is 522 g/mol. The van der Waals surface area contributed by atoms with Crippen molar-refractivity contribution in [2.24, 2.45) is 62.6 Å². The molecule has 5 heteroatoms. The van der Waals surface area contributed by atoms with Gasteiger partial charge in [0.25, 0.3) is 0 Å². The molecule has 5 rings (SSSR count). The van der Waals surface area contributed by atoms with Crippen molar-refractivity contribution in [1.29, 1.82) is 0 Å². The van der Waals surface area contributed by atoms with Gasteiger partial charge in [-0.1, -0.05) is 60.6 Å². The summed E-state index contributed by atoms with van der Waals surface area (Å²) in [6.45, 7) is 25.1. The number of amides is 1. The van der Waals surface area contributed by atoms with Gasteiger partial charge in [0.1, 0.15) is 6.04 Å². The Hall–Kier alpha value is -1.36. The average Bonchev–Trinajstić information content (AvgIpc) is 3.29. The Morgan fingerprint density at radius 2 is 1.57 bits per heavy atom. The van der Waals surface area contributed by atoms with Crippen LogP contribution >= 0.6 is 0 Å². The molecule has 5 aliphatic rings. The number of carbonyl (C=O) groups is 2. The van der Waals surface area contributed by atoms with E-state index >= 15 is 0 Å². The quantitative estimate of drug-likeness (QED) is 0.248. The summed E-state index contributed by atoms with van der Waals surface area (Å²) < 4.78 is 6.20. The molecule has 0 radical (unpaired) electrons. The van der Waals surface area contributed by atoms with E-state index in [-0.39, 0.29) is 51.0 Å². The Balaban J connectivity index is 1.45. The lowest BCUT2D eigenvalue weighted by atomic mass is 9.32. The molecule has 0 saturated heterocycles. The first-order valence-electron chi connectivity index (χ1n) is 17.2. The monoisotopic (exact) mass is 583 g/mol. The normalized spacial score (nSPS) is 46.5. The van der Waals surface area contributed by atoms with E-state index in [1.807, 2.05) is 13.8 Å². The molecular formula is C37H61NO4. The maximum absolute atomic E-state index is 13.3. The van der Waals surface area contributed by atoms with Crippen molar-refractivity contribution in [2.45, 2.75) is 139 Å². The Bertz CT molecular complexity index is 1100. The summed E-state index contributed by atoms with van der Waals surface area (Å²) in [4.78, 5) is 25.1. The minimum Gasteiger partial charge on any atom is -0.464 e. The van der Waals surface area contributed by atoms with Gasteiger partial charge < -0.3 is 15.2 Å². The fourth-order valence-corrected chi connectivity index (χ4v) is 12.5.